The molecule has 13 heteroatoms. The van der Waals surface area contributed by atoms with Crippen LogP contribution < -0.4 is 14.8 Å². The van der Waals surface area contributed by atoms with Crippen LogP contribution in [0.15, 0.2) is 122 Å². The number of hydroxylamine groups is 2. The lowest BCUT2D eigenvalue weighted by molar-refractivity contribution is -0.247. The minimum atomic E-state index is -0.301. The van der Waals surface area contributed by atoms with Crippen LogP contribution in [0.1, 0.15) is 103 Å². The second-order valence-corrected chi connectivity index (χ2v) is 21.1. The van der Waals surface area contributed by atoms with Gasteiger partial charge in [-0.05, 0) is 153 Å². The number of ether oxygens (including phenoxy) is 2. The third kappa shape index (κ3) is 12.6. The smallest absolute Gasteiger partial charge is 0.146 e. The van der Waals surface area contributed by atoms with Gasteiger partial charge in [-0.1, -0.05) is 83.9 Å². The first-order chi connectivity index (χ1) is 32.8. The van der Waals surface area contributed by atoms with Crippen LogP contribution in [0.5, 0.6) is 23.0 Å². The molecule has 69 heavy (non-hydrogen) atoms. The van der Waals surface area contributed by atoms with Crippen LogP contribution in [0.4, 0.5) is 0 Å². The molecule has 0 saturated carbocycles. The van der Waals surface area contributed by atoms with Crippen molar-refractivity contribution >= 4 is 35.4 Å². The zero-order valence-electron chi connectivity index (χ0n) is 40.3. The topological polar surface area (TPSA) is 153 Å². The number of rotatable bonds is 10. The lowest BCUT2D eigenvalue weighted by Crippen LogP contribution is -2.58. The Balaban J connectivity index is 0.000000204. The molecule has 0 spiro atoms. The fourth-order valence-corrected chi connectivity index (χ4v) is 10.4. The van der Waals surface area contributed by atoms with Gasteiger partial charge in [-0.15, -0.1) is 0 Å². The molecule has 0 unspecified atom stereocenters. The maximum atomic E-state index is 10.5. The quantitative estimate of drug-likeness (QED) is 0.135. The van der Waals surface area contributed by atoms with Gasteiger partial charge in [-0.25, -0.2) is 19.9 Å². The van der Waals surface area contributed by atoms with Crippen molar-refractivity contribution in [2.45, 2.75) is 103 Å². The van der Waals surface area contributed by atoms with E-state index in [1.54, 1.807) is 36.7 Å². The Morgan fingerprint density at radius 3 is 1.41 bits per heavy atom. The number of aromatic nitrogens is 4. The Labute approximate surface area is 416 Å². The normalized spacial score (nSPS) is 17.6. The van der Waals surface area contributed by atoms with Crippen LogP contribution in [0.2, 0.25) is 10.0 Å². The van der Waals surface area contributed by atoms with Gasteiger partial charge >= 0.3 is 0 Å². The highest BCUT2D eigenvalue weighted by molar-refractivity contribution is 6.32. The highest BCUT2D eigenvalue weighted by atomic mass is 35.5. The van der Waals surface area contributed by atoms with Crippen LogP contribution in [0, 0.1) is 34.5 Å². The minimum absolute atomic E-state index is 0.102. The Bertz CT molecular complexity index is 2890. The number of halogens is 2. The average molecular weight is 962 g/mol. The zero-order valence-corrected chi connectivity index (χ0v) is 41.8. The molecule has 354 valence electrons. The molecule has 4 aromatic carbocycles. The van der Waals surface area contributed by atoms with Gasteiger partial charge in [0, 0.05) is 45.7 Å². The average Bonchev–Trinajstić information content (AvgIpc) is 3.30. The summed E-state index contributed by atoms with van der Waals surface area (Å²) in [5.74, 6) is 2.64. The van der Waals surface area contributed by atoms with E-state index in [9.17, 15) is 15.7 Å². The van der Waals surface area contributed by atoms with Crippen molar-refractivity contribution < 1.29 is 14.7 Å². The predicted molar refractivity (Wildman–Crippen MR) is 274 cm³/mol. The summed E-state index contributed by atoms with van der Waals surface area (Å²) in [7, 11) is 0. The molecule has 2 N–H and O–H groups in total. The van der Waals surface area contributed by atoms with Crippen molar-refractivity contribution in [3.05, 3.63) is 154 Å². The Kier molecular flexibility index (Phi) is 15.4. The molecule has 0 bridgehead atoms. The van der Waals surface area contributed by atoms with E-state index in [-0.39, 0.29) is 22.2 Å². The monoisotopic (exact) mass is 960 g/mol. The molecule has 4 heterocycles. The van der Waals surface area contributed by atoms with E-state index in [1.165, 1.54) is 17.7 Å². The van der Waals surface area contributed by atoms with Crippen molar-refractivity contribution in [2.24, 2.45) is 11.8 Å². The van der Waals surface area contributed by atoms with Crippen molar-refractivity contribution in [3.8, 4) is 57.7 Å². The minimum Gasteiger partial charge on any atom is -0.454 e. The molecule has 8 rings (SSSR count). The fraction of sp³-hybridized carbons (Fsp3) is 0.321. The lowest BCUT2D eigenvalue weighted by atomic mass is 9.75. The number of hydrogen-bond donors (Lipinski definition) is 2. The highest BCUT2D eigenvalue weighted by Crippen LogP contribution is 2.42. The van der Waals surface area contributed by atoms with Crippen LogP contribution >= 0.6 is 23.2 Å². The molecule has 0 amide bonds. The molecule has 6 aromatic rings. The van der Waals surface area contributed by atoms with Gasteiger partial charge in [0.25, 0.3) is 0 Å². The summed E-state index contributed by atoms with van der Waals surface area (Å²) >= 11 is 13.1. The van der Waals surface area contributed by atoms with Crippen LogP contribution in [0.3, 0.4) is 0 Å². The van der Waals surface area contributed by atoms with Crippen LogP contribution in [-0.4, -0.2) is 52.4 Å². The first kappa shape index (κ1) is 50.4. The molecular weight excluding hydrogens is 904 g/mol. The molecule has 2 fully saturated rings. The summed E-state index contributed by atoms with van der Waals surface area (Å²) in [5.41, 5.74) is 5.02. The summed E-state index contributed by atoms with van der Waals surface area (Å²) < 4.78 is 12.1. The number of nitriles is 2. The van der Waals surface area contributed by atoms with E-state index in [1.807, 2.05) is 60.7 Å². The van der Waals surface area contributed by atoms with Crippen molar-refractivity contribution in [1.82, 2.24) is 30.3 Å². The lowest BCUT2D eigenvalue weighted by Gasteiger charge is -2.51. The second-order valence-electron chi connectivity index (χ2n) is 20.2. The molecule has 0 atom stereocenters. The largest absolute Gasteiger partial charge is 0.454 e. The number of allylic oxidation sites excluding steroid dienone is 2. The first-order valence-electron chi connectivity index (χ1n) is 23.0. The van der Waals surface area contributed by atoms with E-state index >= 15 is 0 Å². The van der Waals surface area contributed by atoms with Gasteiger partial charge in [0.1, 0.15) is 58.9 Å². The standard InChI is InChI=1S/C28H29ClN4O2.C28H29ClN4O/c1-27(2)15-20(16-28(3,4)33(27)34)9-8-19-10-11-26(23(29)14-19)35-25-7-5-6-21(22(25)17-30)24-12-13-31-18-32-24;1-27(2)15-20(16-28(3,4)33-27)9-8-19-10-11-26(23(29)14-19)34-25-7-5-6-21(22(25)17-30)24-12-13-31-18-32-24/h5-14,18,20,34H,15-16H2,1-4H3;5-14,18,20,33H,15-16H2,1-4H3/b2*9-8+. The predicted octanol–water partition coefficient (Wildman–Crippen LogP) is 14.2. The van der Waals surface area contributed by atoms with Gasteiger partial charge in [-0.2, -0.15) is 15.6 Å². The third-order valence-corrected chi connectivity index (χ3v) is 12.9. The van der Waals surface area contributed by atoms with Crippen LogP contribution in [-0.2, 0) is 0 Å². The molecule has 2 aliphatic heterocycles. The number of hydrogen-bond acceptors (Lipinski definition) is 11. The summed E-state index contributed by atoms with van der Waals surface area (Å²) in [6.45, 7) is 17.3. The fourth-order valence-electron chi connectivity index (χ4n) is 9.95. The maximum Gasteiger partial charge on any atom is 0.146 e. The van der Waals surface area contributed by atoms with Crippen molar-refractivity contribution in [2.75, 3.05) is 0 Å². The highest BCUT2D eigenvalue weighted by Gasteiger charge is 2.44. The molecule has 11 nitrogen and oxygen atoms in total. The Morgan fingerprint density at radius 1 is 0.609 bits per heavy atom. The third-order valence-electron chi connectivity index (χ3n) is 12.4. The van der Waals surface area contributed by atoms with Crippen molar-refractivity contribution in [3.63, 3.8) is 0 Å². The van der Waals surface area contributed by atoms with Gasteiger partial charge < -0.3 is 20.0 Å². The van der Waals surface area contributed by atoms with Crippen molar-refractivity contribution in [1.29, 1.82) is 10.5 Å². The second kappa shape index (κ2) is 21.1. The van der Waals surface area contributed by atoms with E-state index in [4.69, 9.17) is 32.7 Å². The van der Waals surface area contributed by atoms with Gasteiger partial charge in [-0.3, -0.25) is 0 Å². The van der Waals surface area contributed by atoms with Gasteiger partial charge in [0.05, 0.1) is 21.4 Å². The Hall–Kier alpha value is -6.44. The number of nitrogens with one attached hydrogen (secondary N) is 1. The van der Waals surface area contributed by atoms with E-state index < -0.39 is 0 Å². The first-order valence-corrected chi connectivity index (χ1v) is 23.7. The van der Waals surface area contributed by atoms with E-state index in [0.717, 1.165) is 36.8 Å². The zero-order chi connectivity index (χ0) is 49.6. The maximum absolute atomic E-state index is 10.5. The molecular formula is C56H58Cl2N8O3. The van der Waals surface area contributed by atoms with Crippen LogP contribution in [0.25, 0.3) is 34.7 Å². The summed E-state index contributed by atoms with van der Waals surface area (Å²) in [5, 5.41) is 36.3. The van der Waals surface area contributed by atoms with Gasteiger partial charge in [0.2, 0.25) is 0 Å². The molecule has 2 aromatic heterocycles. The van der Waals surface area contributed by atoms with Gasteiger partial charge in [0.15, 0.2) is 0 Å². The summed E-state index contributed by atoms with van der Waals surface area (Å²) in [4.78, 5) is 16.4. The van der Waals surface area contributed by atoms with E-state index in [0.29, 0.717) is 78.5 Å². The molecule has 2 saturated heterocycles. The molecule has 0 aliphatic carbocycles. The molecule has 0 radical (unpaired) electrons. The SMILES string of the molecule is CC1(C)CC(/C=C/c2ccc(Oc3cccc(-c4ccncn4)c3C#N)c(Cl)c2)CC(C)(C)N1.CC1(C)CC(/C=C/c2ccc(Oc3cccc(-c4ccncn4)c3C#N)c(Cl)c2)CC(C)(C)N1O. The number of piperidine rings is 2. The van der Waals surface area contributed by atoms with E-state index in [2.05, 4.69) is 117 Å². The number of nitrogens with zero attached hydrogens (tertiary/aromatic N) is 7. The summed E-state index contributed by atoms with van der Waals surface area (Å²) in [6, 6.07) is 30.1. The molecule has 2 aliphatic rings. The number of benzene rings is 4. The summed E-state index contributed by atoms with van der Waals surface area (Å²) in [6.07, 6.45) is 18.8. The Morgan fingerprint density at radius 2 is 1.03 bits per heavy atom.